The van der Waals surface area contributed by atoms with E-state index in [1.54, 1.807) is 6.07 Å². The predicted octanol–water partition coefficient (Wildman–Crippen LogP) is 2.04. The first-order valence-electron chi connectivity index (χ1n) is 5.37. The topological polar surface area (TPSA) is 73.1 Å². The van der Waals surface area contributed by atoms with Crippen molar-refractivity contribution in [1.29, 1.82) is 0 Å². The molecule has 3 aromatic rings. The number of benzene rings is 2. The fraction of sp³-hybridized carbons (Fsp3) is 0. The number of aromatic nitrogens is 1. The van der Waals surface area contributed by atoms with E-state index in [1.165, 1.54) is 6.07 Å². The fourth-order valence-electron chi connectivity index (χ4n) is 2.00. The first-order chi connectivity index (χ1) is 8.55. The number of sulfonamides is 1. The van der Waals surface area contributed by atoms with E-state index >= 15 is 0 Å². The Morgan fingerprint density at radius 3 is 2.33 bits per heavy atom. The highest BCUT2D eigenvalue weighted by molar-refractivity contribution is 7.89. The zero-order chi connectivity index (χ0) is 12.8. The van der Waals surface area contributed by atoms with Crippen LogP contribution in [0.25, 0.3) is 21.7 Å². The van der Waals surface area contributed by atoms with Crippen molar-refractivity contribution in [1.82, 2.24) is 4.98 Å². The van der Waals surface area contributed by atoms with Gasteiger partial charge >= 0.3 is 0 Å². The van der Waals surface area contributed by atoms with E-state index < -0.39 is 10.0 Å². The molecule has 0 unspecified atom stereocenters. The third-order valence-electron chi connectivity index (χ3n) is 2.85. The molecule has 4 nitrogen and oxygen atoms in total. The van der Waals surface area contributed by atoms with E-state index in [-0.39, 0.29) is 5.03 Å². The molecule has 0 bridgehead atoms. The molecule has 0 fully saturated rings. The lowest BCUT2D eigenvalue weighted by Gasteiger charge is -2.04. The molecule has 0 amide bonds. The molecule has 90 valence electrons. The van der Waals surface area contributed by atoms with E-state index in [1.807, 2.05) is 36.4 Å². The van der Waals surface area contributed by atoms with Crippen molar-refractivity contribution in [2.75, 3.05) is 0 Å². The molecule has 0 aliphatic heterocycles. The van der Waals surface area contributed by atoms with Crippen LogP contribution in [0, 0.1) is 0 Å². The van der Waals surface area contributed by atoms with Crippen molar-refractivity contribution in [3.05, 3.63) is 48.5 Å². The van der Waals surface area contributed by atoms with Gasteiger partial charge in [0.1, 0.15) is 0 Å². The highest BCUT2D eigenvalue weighted by Crippen LogP contribution is 2.24. The number of nitrogens with zero attached hydrogens (tertiary/aromatic N) is 1. The number of fused-ring (bicyclic) bond motifs is 3. The average molecular weight is 258 g/mol. The molecule has 5 heteroatoms. The van der Waals surface area contributed by atoms with Crippen molar-refractivity contribution < 1.29 is 8.42 Å². The molecular formula is C13H10N2O2S. The van der Waals surface area contributed by atoms with E-state index in [4.69, 9.17) is 5.14 Å². The van der Waals surface area contributed by atoms with Crippen molar-refractivity contribution in [2.24, 2.45) is 5.14 Å². The Hall–Kier alpha value is -1.98. The van der Waals surface area contributed by atoms with E-state index in [0.717, 1.165) is 16.2 Å². The molecule has 3 rings (SSSR count). The summed E-state index contributed by atoms with van der Waals surface area (Å²) in [6.07, 6.45) is 0. The van der Waals surface area contributed by atoms with Crippen LogP contribution in [0.2, 0.25) is 0 Å². The van der Waals surface area contributed by atoms with Crippen molar-refractivity contribution >= 4 is 31.7 Å². The van der Waals surface area contributed by atoms with Gasteiger partial charge < -0.3 is 0 Å². The Morgan fingerprint density at radius 2 is 1.56 bits per heavy atom. The Kier molecular flexibility index (Phi) is 2.33. The summed E-state index contributed by atoms with van der Waals surface area (Å²) in [7, 11) is -3.77. The van der Waals surface area contributed by atoms with Gasteiger partial charge in [0, 0.05) is 10.8 Å². The summed E-state index contributed by atoms with van der Waals surface area (Å²) in [5.74, 6) is 0. The summed E-state index contributed by atoms with van der Waals surface area (Å²) in [6, 6.07) is 14.7. The average Bonchev–Trinajstić information content (AvgIpc) is 2.37. The van der Waals surface area contributed by atoms with Crippen LogP contribution < -0.4 is 5.14 Å². The predicted molar refractivity (Wildman–Crippen MR) is 70.6 cm³/mol. The minimum atomic E-state index is -3.77. The third kappa shape index (κ3) is 1.73. The first kappa shape index (κ1) is 11.1. The highest BCUT2D eigenvalue weighted by Gasteiger charge is 2.11. The summed E-state index contributed by atoms with van der Waals surface area (Å²) in [5.41, 5.74) is 0.652. The highest BCUT2D eigenvalue weighted by atomic mass is 32.2. The molecule has 0 saturated carbocycles. The van der Waals surface area contributed by atoms with Crippen LogP contribution in [0.4, 0.5) is 0 Å². The molecule has 1 heterocycles. The van der Waals surface area contributed by atoms with Crippen LogP contribution in [-0.2, 0) is 10.0 Å². The monoisotopic (exact) mass is 258 g/mol. The van der Waals surface area contributed by atoms with Crippen LogP contribution >= 0.6 is 0 Å². The fourth-order valence-corrected chi connectivity index (χ4v) is 2.47. The van der Waals surface area contributed by atoms with Gasteiger partial charge in [-0.25, -0.2) is 18.5 Å². The van der Waals surface area contributed by atoms with Gasteiger partial charge in [-0.3, -0.25) is 0 Å². The standard InChI is InChI=1S/C13H10N2O2S/c14-18(16,17)12-8-7-10-6-5-9-3-1-2-4-11(9)13(10)15-12/h1-8H,(H2,14,16,17). The number of primary sulfonamides is 1. The zero-order valence-electron chi connectivity index (χ0n) is 9.37. The van der Waals surface area contributed by atoms with Gasteiger partial charge in [0.25, 0.3) is 10.0 Å². The van der Waals surface area contributed by atoms with Crippen LogP contribution in [0.15, 0.2) is 53.6 Å². The van der Waals surface area contributed by atoms with Crippen molar-refractivity contribution in [3.8, 4) is 0 Å². The lowest BCUT2D eigenvalue weighted by Crippen LogP contribution is -2.13. The summed E-state index contributed by atoms with van der Waals surface area (Å²) in [5, 5.41) is 7.82. The van der Waals surface area contributed by atoms with Gasteiger partial charge in [-0.2, -0.15) is 0 Å². The Morgan fingerprint density at radius 1 is 0.889 bits per heavy atom. The smallest absolute Gasteiger partial charge is 0.234 e. The Balaban J connectivity index is 2.48. The van der Waals surface area contributed by atoms with Gasteiger partial charge in [0.05, 0.1) is 5.52 Å². The maximum absolute atomic E-state index is 11.3. The second kappa shape index (κ2) is 3.76. The maximum atomic E-state index is 11.3. The quantitative estimate of drug-likeness (QED) is 0.679. The summed E-state index contributed by atoms with van der Waals surface area (Å²) >= 11 is 0. The number of nitrogens with two attached hydrogens (primary N) is 1. The molecule has 0 radical (unpaired) electrons. The summed E-state index contributed by atoms with van der Waals surface area (Å²) in [4.78, 5) is 4.16. The number of hydrogen-bond acceptors (Lipinski definition) is 3. The second-order valence-corrected chi connectivity index (χ2v) is 5.56. The molecular weight excluding hydrogens is 248 g/mol. The molecule has 1 aromatic heterocycles. The second-order valence-electron chi connectivity index (χ2n) is 4.05. The molecule has 0 aliphatic rings. The molecule has 0 atom stereocenters. The third-order valence-corrected chi connectivity index (χ3v) is 3.66. The molecule has 0 aliphatic carbocycles. The van der Waals surface area contributed by atoms with Crippen LogP contribution in [0.5, 0.6) is 0 Å². The van der Waals surface area contributed by atoms with E-state index in [9.17, 15) is 8.42 Å². The largest absolute Gasteiger partial charge is 0.255 e. The summed E-state index contributed by atoms with van der Waals surface area (Å²) < 4.78 is 22.7. The van der Waals surface area contributed by atoms with Crippen LogP contribution in [-0.4, -0.2) is 13.4 Å². The SMILES string of the molecule is NS(=O)(=O)c1ccc2ccc3ccccc3c2n1. The van der Waals surface area contributed by atoms with Gasteiger partial charge in [-0.05, 0) is 17.5 Å². The lowest BCUT2D eigenvalue weighted by molar-refractivity contribution is 0.594. The molecule has 18 heavy (non-hydrogen) atoms. The van der Waals surface area contributed by atoms with Gasteiger partial charge in [0.2, 0.25) is 0 Å². The lowest BCUT2D eigenvalue weighted by atomic mass is 10.1. The maximum Gasteiger partial charge on any atom is 0.255 e. The number of hydrogen-bond donors (Lipinski definition) is 1. The zero-order valence-corrected chi connectivity index (χ0v) is 10.2. The Labute approximate surface area is 104 Å². The number of rotatable bonds is 1. The van der Waals surface area contributed by atoms with E-state index in [2.05, 4.69) is 4.98 Å². The van der Waals surface area contributed by atoms with Gasteiger partial charge in [0.15, 0.2) is 5.03 Å². The molecule has 0 saturated heterocycles. The molecule has 0 spiro atoms. The first-order valence-corrected chi connectivity index (χ1v) is 6.92. The minimum Gasteiger partial charge on any atom is -0.234 e. The van der Waals surface area contributed by atoms with Crippen molar-refractivity contribution in [2.45, 2.75) is 5.03 Å². The van der Waals surface area contributed by atoms with Crippen LogP contribution in [0.3, 0.4) is 0 Å². The molecule has 2 aromatic carbocycles. The van der Waals surface area contributed by atoms with Gasteiger partial charge in [-0.1, -0.05) is 36.4 Å². The Bertz CT molecular complexity index is 857. The van der Waals surface area contributed by atoms with Crippen molar-refractivity contribution in [3.63, 3.8) is 0 Å². The minimum absolute atomic E-state index is 0.105. The van der Waals surface area contributed by atoms with Gasteiger partial charge in [-0.15, -0.1) is 0 Å². The molecule has 2 N–H and O–H groups in total. The number of pyridine rings is 1. The normalized spacial score (nSPS) is 12.1. The van der Waals surface area contributed by atoms with Crippen LogP contribution in [0.1, 0.15) is 0 Å². The summed E-state index contributed by atoms with van der Waals surface area (Å²) in [6.45, 7) is 0. The van der Waals surface area contributed by atoms with E-state index in [0.29, 0.717) is 5.52 Å².